The third-order valence-corrected chi connectivity index (χ3v) is 3.45. The highest BCUT2D eigenvalue weighted by Crippen LogP contribution is 2.14. The molecule has 5 nitrogen and oxygen atoms in total. The van der Waals surface area contributed by atoms with Crippen LogP contribution in [0, 0.1) is 0 Å². The Kier molecular flexibility index (Phi) is 10.1. The minimum atomic E-state index is -0.173. The number of nitrogens with one attached hydrogen (secondary N) is 1. The van der Waals surface area contributed by atoms with Gasteiger partial charge in [0.15, 0.2) is 0 Å². The summed E-state index contributed by atoms with van der Waals surface area (Å²) in [7, 11) is 0. The Hall–Kier alpha value is -2.27. The van der Waals surface area contributed by atoms with Gasteiger partial charge < -0.3 is 20.5 Å². The van der Waals surface area contributed by atoms with Gasteiger partial charge in [0, 0.05) is 31.9 Å². The number of carbonyl (C=O) groups excluding carboxylic acids is 1. The first-order valence-electron chi connectivity index (χ1n) is 8.79. The van der Waals surface area contributed by atoms with Crippen molar-refractivity contribution in [3.05, 3.63) is 53.3 Å². The van der Waals surface area contributed by atoms with Crippen LogP contribution in [0.1, 0.15) is 39.2 Å². The smallest absolute Gasteiger partial charge is 0.253 e. The van der Waals surface area contributed by atoms with E-state index in [1.165, 1.54) is 0 Å². The van der Waals surface area contributed by atoms with Crippen LogP contribution in [0.3, 0.4) is 0 Å². The maximum atomic E-state index is 12.3. The van der Waals surface area contributed by atoms with Crippen LogP contribution in [-0.4, -0.2) is 25.7 Å². The first kappa shape index (κ1) is 20.8. The van der Waals surface area contributed by atoms with E-state index in [-0.39, 0.29) is 5.91 Å². The Balaban J connectivity index is 2.54. The van der Waals surface area contributed by atoms with Crippen molar-refractivity contribution in [2.45, 2.75) is 40.2 Å². The number of hydrogen-bond acceptors (Lipinski definition) is 4. The van der Waals surface area contributed by atoms with E-state index < -0.39 is 0 Å². The molecular formula is C20H30N2O3. The number of amides is 1. The van der Waals surface area contributed by atoms with E-state index in [2.05, 4.69) is 5.32 Å². The van der Waals surface area contributed by atoms with Crippen LogP contribution in [0.5, 0.6) is 5.75 Å². The second-order valence-electron chi connectivity index (χ2n) is 5.64. The zero-order valence-corrected chi connectivity index (χ0v) is 15.5. The fraction of sp³-hybridized carbons (Fsp3) is 0.450. The summed E-state index contributed by atoms with van der Waals surface area (Å²) in [5.74, 6) is 0.618. The van der Waals surface area contributed by atoms with Crippen molar-refractivity contribution < 1.29 is 14.3 Å². The molecule has 0 saturated carbocycles. The molecule has 0 fully saturated rings. The van der Waals surface area contributed by atoms with E-state index in [1.807, 2.05) is 44.2 Å². The molecule has 0 spiro atoms. The lowest BCUT2D eigenvalue weighted by molar-refractivity contribution is -0.117. The molecular weight excluding hydrogens is 316 g/mol. The molecule has 0 atom stereocenters. The maximum Gasteiger partial charge on any atom is 0.253 e. The normalized spacial score (nSPS) is 12.1. The molecule has 0 bridgehead atoms. The first-order chi connectivity index (χ1) is 12.1. The summed E-state index contributed by atoms with van der Waals surface area (Å²) < 4.78 is 11.0. The summed E-state index contributed by atoms with van der Waals surface area (Å²) in [4.78, 5) is 12.3. The number of rotatable bonds is 11. The Morgan fingerprint density at radius 1 is 1.28 bits per heavy atom. The predicted molar refractivity (Wildman–Crippen MR) is 101 cm³/mol. The van der Waals surface area contributed by atoms with Crippen molar-refractivity contribution in [2.75, 3.05) is 19.8 Å². The summed E-state index contributed by atoms with van der Waals surface area (Å²) >= 11 is 0. The molecule has 0 aliphatic carbocycles. The van der Waals surface area contributed by atoms with Crippen molar-refractivity contribution in [3.8, 4) is 5.75 Å². The highest BCUT2D eigenvalue weighted by Gasteiger charge is 2.08. The van der Waals surface area contributed by atoms with Crippen molar-refractivity contribution in [1.29, 1.82) is 0 Å². The van der Waals surface area contributed by atoms with Crippen LogP contribution >= 0.6 is 0 Å². The molecule has 0 aromatic heterocycles. The Bertz CT molecular complexity index is 590. The third-order valence-electron chi connectivity index (χ3n) is 3.45. The van der Waals surface area contributed by atoms with Crippen LogP contribution in [0.25, 0.3) is 0 Å². The second-order valence-corrected chi connectivity index (χ2v) is 5.64. The van der Waals surface area contributed by atoms with Gasteiger partial charge in [-0.1, -0.05) is 31.2 Å². The SMILES string of the molecule is CC/C=C\C(C(=O)NCc1cccc(OCCCOCC)c1)=C(/C)N. The van der Waals surface area contributed by atoms with Crippen LogP contribution in [0.2, 0.25) is 0 Å². The Morgan fingerprint density at radius 2 is 2.08 bits per heavy atom. The van der Waals surface area contributed by atoms with Crippen LogP contribution in [0.4, 0.5) is 0 Å². The summed E-state index contributed by atoms with van der Waals surface area (Å²) in [5, 5.41) is 2.90. The van der Waals surface area contributed by atoms with Crippen molar-refractivity contribution in [1.82, 2.24) is 5.32 Å². The van der Waals surface area contributed by atoms with Gasteiger partial charge in [0.1, 0.15) is 5.75 Å². The molecule has 0 aliphatic heterocycles. The second kappa shape index (κ2) is 12.1. The van der Waals surface area contributed by atoms with Crippen LogP contribution in [0.15, 0.2) is 47.7 Å². The molecule has 0 saturated heterocycles. The molecule has 1 amide bonds. The molecule has 1 aromatic rings. The molecule has 1 rings (SSSR count). The number of ether oxygens (including phenoxy) is 2. The number of nitrogens with two attached hydrogens (primary N) is 1. The molecule has 0 radical (unpaired) electrons. The van der Waals surface area contributed by atoms with Gasteiger partial charge >= 0.3 is 0 Å². The Labute approximate surface area is 150 Å². The van der Waals surface area contributed by atoms with Gasteiger partial charge in [-0.3, -0.25) is 4.79 Å². The van der Waals surface area contributed by atoms with Gasteiger partial charge in [-0.25, -0.2) is 0 Å². The maximum absolute atomic E-state index is 12.3. The lowest BCUT2D eigenvalue weighted by atomic mass is 10.1. The molecule has 5 heteroatoms. The van der Waals surface area contributed by atoms with E-state index in [1.54, 1.807) is 13.0 Å². The quantitative estimate of drug-likeness (QED) is 0.366. The highest BCUT2D eigenvalue weighted by atomic mass is 16.5. The van der Waals surface area contributed by atoms with Gasteiger partial charge in [0.05, 0.1) is 12.2 Å². The van der Waals surface area contributed by atoms with E-state index in [4.69, 9.17) is 15.2 Å². The number of hydrogen-bond donors (Lipinski definition) is 2. The Morgan fingerprint density at radius 3 is 2.76 bits per heavy atom. The van der Waals surface area contributed by atoms with Gasteiger partial charge in [0.2, 0.25) is 0 Å². The monoisotopic (exact) mass is 346 g/mol. The average Bonchev–Trinajstić information content (AvgIpc) is 2.60. The molecule has 25 heavy (non-hydrogen) atoms. The largest absolute Gasteiger partial charge is 0.493 e. The average molecular weight is 346 g/mol. The molecule has 0 heterocycles. The van der Waals surface area contributed by atoms with Crippen LogP contribution < -0.4 is 15.8 Å². The van der Waals surface area contributed by atoms with E-state index in [0.29, 0.717) is 31.0 Å². The highest BCUT2D eigenvalue weighted by molar-refractivity contribution is 5.96. The summed E-state index contributed by atoms with van der Waals surface area (Å²) in [6, 6.07) is 7.71. The standard InChI is InChI=1S/C20H30N2O3/c1-4-6-11-19(16(3)21)20(23)22-15-17-9-7-10-18(14-17)25-13-8-12-24-5-2/h6-7,9-11,14H,4-5,8,12-13,15,21H2,1-3H3,(H,22,23)/b11-6-,19-16-. The topological polar surface area (TPSA) is 73.6 Å². The summed E-state index contributed by atoms with van der Waals surface area (Å²) in [5.41, 5.74) is 7.79. The van der Waals surface area contributed by atoms with E-state index in [9.17, 15) is 4.79 Å². The number of allylic oxidation sites excluding steroid dienone is 2. The number of benzene rings is 1. The van der Waals surface area contributed by atoms with Gasteiger partial charge in [0.25, 0.3) is 5.91 Å². The van der Waals surface area contributed by atoms with Crippen molar-refractivity contribution in [2.24, 2.45) is 5.73 Å². The first-order valence-corrected chi connectivity index (χ1v) is 8.79. The van der Waals surface area contributed by atoms with Gasteiger partial charge in [-0.15, -0.1) is 0 Å². The summed E-state index contributed by atoms with van der Waals surface area (Å²) in [6.45, 7) is 8.17. The van der Waals surface area contributed by atoms with Crippen molar-refractivity contribution >= 4 is 5.91 Å². The minimum Gasteiger partial charge on any atom is -0.493 e. The minimum absolute atomic E-state index is 0.173. The fourth-order valence-electron chi connectivity index (χ4n) is 2.14. The predicted octanol–water partition coefficient (Wildman–Crippen LogP) is 3.31. The molecule has 1 aromatic carbocycles. The molecule has 3 N–H and O–H groups in total. The summed E-state index contributed by atoms with van der Waals surface area (Å²) in [6.07, 6.45) is 5.39. The molecule has 0 unspecified atom stereocenters. The lowest BCUT2D eigenvalue weighted by Crippen LogP contribution is -2.25. The van der Waals surface area contributed by atoms with E-state index >= 15 is 0 Å². The van der Waals surface area contributed by atoms with Gasteiger partial charge in [-0.2, -0.15) is 0 Å². The zero-order valence-electron chi connectivity index (χ0n) is 15.5. The zero-order chi connectivity index (χ0) is 18.5. The molecule has 138 valence electrons. The fourth-order valence-corrected chi connectivity index (χ4v) is 2.14. The lowest BCUT2D eigenvalue weighted by Gasteiger charge is -2.10. The molecule has 0 aliphatic rings. The van der Waals surface area contributed by atoms with E-state index in [0.717, 1.165) is 30.8 Å². The third kappa shape index (κ3) is 8.40. The number of carbonyl (C=O) groups is 1. The van der Waals surface area contributed by atoms with Crippen molar-refractivity contribution in [3.63, 3.8) is 0 Å². The van der Waals surface area contributed by atoms with Gasteiger partial charge in [-0.05, 0) is 38.0 Å². The van der Waals surface area contributed by atoms with Crippen LogP contribution in [-0.2, 0) is 16.1 Å².